The summed E-state index contributed by atoms with van der Waals surface area (Å²) in [6.07, 6.45) is 20.0. The van der Waals surface area contributed by atoms with E-state index in [1.54, 1.807) is 0 Å². The molecule has 0 heterocycles. The molecule has 2 aliphatic rings. The Bertz CT molecular complexity index is 191. The fraction of sp³-hybridized carbons (Fsp3) is 0. The third kappa shape index (κ3) is 18.6. The summed E-state index contributed by atoms with van der Waals surface area (Å²) < 4.78 is 0. The molecule has 4 radical (unpaired) electrons. The Kier molecular flexibility index (Phi) is 25.2. The normalized spacial score (nSPS) is 13.6. The van der Waals surface area contributed by atoms with Gasteiger partial charge in [0.25, 0.3) is 0 Å². The van der Waals surface area contributed by atoms with E-state index in [0.717, 1.165) is 33.9 Å². The van der Waals surface area contributed by atoms with Crippen LogP contribution in [0.4, 0.5) is 0 Å². The zero-order valence-electron chi connectivity index (χ0n) is 8.31. The first-order valence-corrected chi connectivity index (χ1v) is 21.3. The molecule has 0 atom stereocenters. The van der Waals surface area contributed by atoms with Gasteiger partial charge in [-0.15, -0.1) is 0 Å². The molecular weight excluding hydrogens is 563 g/mol. The molecule has 0 aromatic rings. The van der Waals surface area contributed by atoms with E-state index in [4.69, 9.17) is 0 Å². The van der Waals surface area contributed by atoms with E-state index in [2.05, 4.69) is 28.4 Å². The molecule has 16 heavy (non-hydrogen) atoms. The van der Waals surface area contributed by atoms with Gasteiger partial charge in [0, 0.05) is 34.6 Å². The minimum Gasteiger partial charge on any atom is 0 e. The Labute approximate surface area is 143 Å². The summed E-state index contributed by atoms with van der Waals surface area (Å²) in [6, 6.07) is 0. The summed E-state index contributed by atoms with van der Waals surface area (Å²) >= 11 is 8.75. The molecule has 0 nitrogen and oxygen atoms in total. The molecule has 0 fully saturated rings. The van der Waals surface area contributed by atoms with Gasteiger partial charge in [-0.3, -0.25) is 0 Å². The fourth-order valence-corrected chi connectivity index (χ4v) is 43.6. The third-order valence-corrected chi connectivity index (χ3v) is 41.6. The SMILES string of the molecule is [CH]1C=CC=C1.[CH]1C=CC=C1.[Se][Se][Se][Se][Se].[Ti]. The third-order valence-electron chi connectivity index (χ3n) is 1.17. The number of allylic oxidation sites excluding steroid dienone is 8. The molecule has 2 rings (SSSR count). The molecule has 0 unspecified atom stereocenters. The topological polar surface area (TPSA) is 0 Å². The van der Waals surface area contributed by atoms with E-state index in [9.17, 15) is 0 Å². The van der Waals surface area contributed by atoms with Gasteiger partial charge in [0.2, 0.25) is 0 Å². The molecule has 0 amide bonds. The van der Waals surface area contributed by atoms with Crippen LogP contribution in [0.25, 0.3) is 0 Å². The van der Waals surface area contributed by atoms with Crippen LogP contribution in [-0.2, 0) is 21.7 Å². The van der Waals surface area contributed by atoms with Crippen LogP contribution in [0.1, 0.15) is 0 Å². The van der Waals surface area contributed by atoms with Gasteiger partial charge < -0.3 is 0 Å². The zero-order valence-corrected chi connectivity index (χ0v) is 18.4. The second kappa shape index (κ2) is 19.6. The Morgan fingerprint density at radius 3 is 0.938 bits per heavy atom. The molecular formula is C10H10Se5Ti. The average Bonchev–Trinajstić information content (AvgIpc) is 2.99. The Hall–Kier alpha value is 2.27. The molecule has 0 aromatic heterocycles. The molecule has 2 aliphatic carbocycles. The maximum Gasteiger partial charge on any atom is 0 e. The van der Waals surface area contributed by atoms with Crippen LogP contribution < -0.4 is 0 Å². The minimum absolute atomic E-state index is 0. The monoisotopic (exact) mass is 578 g/mol. The van der Waals surface area contributed by atoms with Crippen LogP contribution >= 0.6 is 0 Å². The average molecular weight is 573 g/mol. The van der Waals surface area contributed by atoms with Crippen LogP contribution in [0.2, 0.25) is 0 Å². The minimum atomic E-state index is 0. The molecule has 84 valence electrons. The van der Waals surface area contributed by atoms with Gasteiger partial charge in [0.1, 0.15) is 0 Å². The van der Waals surface area contributed by atoms with Gasteiger partial charge in [-0.2, -0.15) is 0 Å². The van der Waals surface area contributed by atoms with Crippen LogP contribution in [0.3, 0.4) is 0 Å². The predicted molar refractivity (Wildman–Crippen MR) is 73.9 cm³/mol. The zero-order chi connectivity index (χ0) is 11.2. The quantitative estimate of drug-likeness (QED) is 0.428. The van der Waals surface area contributed by atoms with Crippen molar-refractivity contribution in [1.82, 2.24) is 0 Å². The first-order valence-electron chi connectivity index (χ1n) is 4.00. The summed E-state index contributed by atoms with van der Waals surface area (Å²) in [5.41, 5.74) is 0. The Balaban J connectivity index is 0. The van der Waals surface area contributed by atoms with Gasteiger partial charge in [-0.1, -0.05) is 48.6 Å². The standard InChI is InChI=1S/2C5H5.Se5.Ti/c2*1-2-4-5-3-1;1-3-5-4-2;/h2*1-5H;;. The molecule has 0 bridgehead atoms. The summed E-state index contributed by atoms with van der Waals surface area (Å²) in [4.78, 5) is 0. The largest absolute Gasteiger partial charge is 0 e. The van der Waals surface area contributed by atoms with Crippen molar-refractivity contribution < 1.29 is 21.7 Å². The molecule has 0 aliphatic heterocycles. The molecule has 0 saturated carbocycles. The molecule has 0 saturated heterocycles. The number of hydrogen-bond acceptors (Lipinski definition) is 0. The molecule has 6 heteroatoms. The van der Waals surface area contributed by atoms with Crippen LogP contribution in [0.5, 0.6) is 0 Å². The van der Waals surface area contributed by atoms with E-state index in [1.165, 1.54) is 0 Å². The van der Waals surface area contributed by atoms with Crippen LogP contribution in [0.15, 0.2) is 48.6 Å². The van der Waals surface area contributed by atoms with Gasteiger partial charge in [-0.25, -0.2) is 0 Å². The van der Waals surface area contributed by atoms with Crippen LogP contribution in [0, 0.1) is 12.8 Å². The van der Waals surface area contributed by atoms with Crippen molar-refractivity contribution in [2.24, 2.45) is 0 Å². The van der Waals surface area contributed by atoms with Crippen LogP contribution in [-0.4, -0.2) is 62.3 Å². The summed E-state index contributed by atoms with van der Waals surface area (Å²) in [5, 5.41) is 0. The molecule has 0 N–H and O–H groups in total. The van der Waals surface area contributed by atoms with Crippen molar-refractivity contribution >= 4 is 62.3 Å². The first-order chi connectivity index (χ1) is 7.41. The second-order valence-corrected chi connectivity index (χ2v) is 30.6. The van der Waals surface area contributed by atoms with Gasteiger partial charge >= 0.3 is 62.3 Å². The Morgan fingerprint density at radius 1 is 0.562 bits per heavy atom. The molecule has 0 aromatic carbocycles. The van der Waals surface area contributed by atoms with Gasteiger partial charge in [-0.05, 0) is 0 Å². The smallest absolute Gasteiger partial charge is 0 e. The van der Waals surface area contributed by atoms with E-state index >= 15 is 0 Å². The van der Waals surface area contributed by atoms with Crippen molar-refractivity contribution in [3.05, 3.63) is 61.4 Å². The van der Waals surface area contributed by atoms with Crippen molar-refractivity contribution in [2.75, 3.05) is 0 Å². The summed E-state index contributed by atoms with van der Waals surface area (Å²) in [7, 11) is 0. The number of rotatable bonds is 2. The van der Waals surface area contributed by atoms with E-state index < -0.39 is 0 Å². The van der Waals surface area contributed by atoms with Crippen molar-refractivity contribution in [3.63, 3.8) is 0 Å². The second-order valence-electron chi connectivity index (χ2n) is 2.13. The van der Waals surface area contributed by atoms with Crippen molar-refractivity contribution in [3.8, 4) is 0 Å². The first kappa shape index (κ1) is 20.6. The Morgan fingerprint density at radius 2 is 0.875 bits per heavy atom. The van der Waals surface area contributed by atoms with Gasteiger partial charge in [0.15, 0.2) is 0 Å². The van der Waals surface area contributed by atoms with E-state index in [-0.39, 0.29) is 21.7 Å². The summed E-state index contributed by atoms with van der Waals surface area (Å²) in [6.45, 7) is 0. The predicted octanol–water partition coefficient (Wildman–Crippen LogP) is 0.727. The van der Waals surface area contributed by atoms with Crippen molar-refractivity contribution in [2.45, 2.75) is 0 Å². The fourth-order valence-electron chi connectivity index (χ4n) is 0.653. The van der Waals surface area contributed by atoms with Gasteiger partial charge in [0.05, 0.1) is 0 Å². The summed E-state index contributed by atoms with van der Waals surface area (Å²) in [5.74, 6) is 0. The maximum absolute atomic E-state index is 3.03. The molecule has 0 spiro atoms. The van der Waals surface area contributed by atoms with E-state index in [0.29, 0.717) is 0 Å². The maximum atomic E-state index is 3.03. The van der Waals surface area contributed by atoms with Crippen molar-refractivity contribution in [1.29, 1.82) is 0 Å². The number of hydrogen-bond donors (Lipinski definition) is 0. The van der Waals surface area contributed by atoms with E-state index in [1.807, 2.05) is 61.4 Å².